The molecule has 5 heteroatoms. The van der Waals surface area contributed by atoms with Crippen LogP contribution in [0.25, 0.3) is 0 Å². The van der Waals surface area contributed by atoms with E-state index in [1.807, 2.05) is 0 Å². The topological polar surface area (TPSA) is 48.9 Å². The first-order valence-corrected chi connectivity index (χ1v) is 10.2. The number of hydrogen-bond acceptors (Lipinski definition) is 3. The van der Waals surface area contributed by atoms with Gasteiger partial charge in [-0.2, -0.15) is 0 Å². The number of nitrogens with zero attached hydrogens (tertiary/aromatic N) is 2. The Morgan fingerprint density at radius 2 is 1.75 bits per heavy atom. The number of rotatable bonds is 7. The predicted octanol–water partition coefficient (Wildman–Crippen LogP) is 3.08. The smallest absolute Gasteiger partial charge is 0.191 e. The molecule has 2 aromatic carbocycles. The highest BCUT2D eigenvalue weighted by molar-refractivity contribution is 5.79. The molecule has 0 aliphatic carbocycles. The van der Waals surface area contributed by atoms with Crippen molar-refractivity contribution in [3.05, 3.63) is 70.8 Å². The largest absolute Gasteiger partial charge is 0.379 e. The SMILES string of the molecule is CCNC(=NCc1cccc(C)c1)NCc1cccc(CN2CCOCC2)c1. The number of guanidine groups is 1. The molecule has 1 saturated heterocycles. The fourth-order valence-corrected chi connectivity index (χ4v) is 3.36. The Bertz CT molecular complexity index is 769. The van der Waals surface area contributed by atoms with Crippen molar-refractivity contribution in [2.75, 3.05) is 32.8 Å². The van der Waals surface area contributed by atoms with Crippen molar-refractivity contribution in [3.63, 3.8) is 0 Å². The molecule has 2 N–H and O–H groups in total. The van der Waals surface area contributed by atoms with Gasteiger partial charge in [0.25, 0.3) is 0 Å². The van der Waals surface area contributed by atoms with Crippen LogP contribution in [0.5, 0.6) is 0 Å². The number of morpholine rings is 1. The van der Waals surface area contributed by atoms with Gasteiger partial charge in [0.1, 0.15) is 0 Å². The average Bonchev–Trinajstić information content (AvgIpc) is 2.71. The molecule has 0 aromatic heterocycles. The molecular weight excluding hydrogens is 348 g/mol. The van der Waals surface area contributed by atoms with Crippen molar-refractivity contribution in [1.82, 2.24) is 15.5 Å². The van der Waals surface area contributed by atoms with Crippen LogP contribution in [0.1, 0.15) is 29.2 Å². The predicted molar refractivity (Wildman–Crippen MR) is 115 cm³/mol. The molecule has 5 nitrogen and oxygen atoms in total. The Hall–Kier alpha value is -2.37. The summed E-state index contributed by atoms with van der Waals surface area (Å²) in [6.07, 6.45) is 0. The standard InChI is InChI=1S/C23H32N4O/c1-3-24-23(25-16-20-7-4-6-19(2)14-20)26-17-21-8-5-9-22(15-21)18-27-10-12-28-13-11-27/h4-9,14-15H,3,10-13,16-18H2,1-2H3,(H2,24,25,26). The summed E-state index contributed by atoms with van der Waals surface area (Å²) in [6.45, 7) is 11.2. The third kappa shape index (κ3) is 6.66. The van der Waals surface area contributed by atoms with Crippen molar-refractivity contribution < 1.29 is 4.74 Å². The lowest BCUT2D eigenvalue weighted by molar-refractivity contribution is 0.0342. The summed E-state index contributed by atoms with van der Waals surface area (Å²) in [5.74, 6) is 0.850. The van der Waals surface area contributed by atoms with Gasteiger partial charge in [-0.15, -0.1) is 0 Å². The van der Waals surface area contributed by atoms with Gasteiger partial charge >= 0.3 is 0 Å². The molecule has 150 valence electrons. The van der Waals surface area contributed by atoms with E-state index < -0.39 is 0 Å². The maximum Gasteiger partial charge on any atom is 0.191 e. The van der Waals surface area contributed by atoms with Crippen LogP contribution in [0, 0.1) is 6.92 Å². The normalized spacial score (nSPS) is 15.4. The minimum Gasteiger partial charge on any atom is -0.379 e. The van der Waals surface area contributed by atoms with E-state index in [0.717, 1.165) is 51.9 Å². The van der Waals surface area contributed by atoms with Gasteiger partial charge in [-0.1, -0.05) is 54.1 Å². The van der Waals surface area contributed by atoms with Gasteiger partial charge in [0.2, 0.25) is 0 Å². The van der Waals surface area contributed by atoms with Gasteiger partial charge in [-0.25, -0.2) is 4.99 Å². The van der Waals surface area contributed by atoms with Crippen LogP contribution >= 0.6 is 0 Å². The monoisotopic (exact) mass is 380 g/mol. The van der Waals surface area contributed by atoms with Crippen LogP contribution < -0.4 is 10.6 Å². The summed E-state index contributed by atoms with van der Waals surface area (Å²) in [7, 11) is 0. The fourth-order valence-electron chi connectivity index (χ4n) is 3.36. The van der Waals surface area contributed by atoms with Gasteiger partial charge < -0.3 is 15.4 Å². The summed E-state index contributed by atoms with van der Waals surface area (Å²) in [4.78, 5) is 7.18. The van der Waals surface area contributed by atoms with E-state index in [2.05, 4.69) is 77.9 Å². The molecule has 0 amide bonds. The summed E-state index contributed by atoms with van der Waals surface area (Å²) in [6, 6.07) is 17.3. The molecule has 0 unspecified atom stereocenters. The number of nitrogens with one attached hydrogen (secondary N) is 2. The van der Waals surface area contributed by atoms with Gasteiger partial charge in [0.05, 0.1) is 19.8 Å². The first-order chi connectivity index (χ1) is 13.7. The molecule has 3 rings (SSSR count). The first-order valence-electron chi connectivity index (χ1n) is 10.2. The lowest BCUT2D eigenvalue weighted by Gasteiger charge is -2.26. The Morgan fingerprint density at radius 1 is 1.00 bits per heavy atom. The zero-order valence-electron chi connectivity index (χ0n) is 17.1. The molecule has 28 heavy (non-hydrogen) atoms. The van der Waals surface area contributed by atoms with E-state index in [1.165, 1.54) is 22.3 Å². The van der Waals surface area contributed by atoms with Crippen molar-refractivity contribution in [2.45, 2.75) is 33.5 Å². The lowest BCUT2D eigenvalue weighted by atomic mass is 10.1. The number of aliphatic imine (C=N–C) groups is 1. The van der Waals surface area contributed by atoms with Crippen LogP contribution in [0.4, 0.5) is 0 Å². The third-order valence-corrected chi connectivity index (χ3v) is 4.81. The second kappa shape index (κ2) is 10.8. The molecule has 0 spiro atoms. The highest BCUT2D eigenvalue weighted by atomic mass is 16.5. The zero-order valence-corrected chi connectivity index (χ0v) is 17.1. The van der Waals surface area contributed by atoms with E-state index in [4.69, 9.17) is 9.73 Å². The van der Waals surface area contributed by atoms with E-state index in [-0.39, 0.29) is 0 Å². The number of hydrogen-bond donors (Lipinski definition) is 2. The molecule has 1 aliphatic rings. The number of benzene rings is 2. The Kier molecular flexibility index (Phi) is 7.88. The molecule has 1 fully saturated rings. The van der Waals surface area contributed by atoms with Gasteiger partial charge in [-0.05, 0) is 30.5 Å². The van der Waals surface area contributed by atoms with E-state index >= 15 is 0 Å². The fraction of sp³-hybridized carbons (Fsp3) is 0.435. The maximum atomic E-state index is 5.44. The van der Waals surface area contributed by atoms with Gasteiger partial charge in [-0.3, -0.25) is 4.90 Å². The van der Waals surface area contributed by atoms with E-state index in [1.54, 1.807) is 0 Å². The molecule has 2 aromatic rings. The van der Waals surface area contributed by atoms with Crippen molar-refractivity contribution in [2.24, 2.45) is 4.99 Å². The van der Waals surface area contributed by atoms with Gasteiger partial charge in [0, 0.05) is 32.7 Å². The number of aryl methyl sites for hydroxylation is 1. The third-order valence-electron chi connectivity index (χ3n) is 4.81. The van der Waals surface area contributed by atoms with Crippen LogP contribution in [-0.4, -0.2) is 43.7 Å². The Balaban J connectivity index is 1.56. The summed E-state index contributed by atoms with van der Waals surface area (Å²) in [5, 5.41) is 6.79. The quantitative estimate of drug-likeness (QED) is 0.572. The second-order valence-electron chi connectivity index (χ2n) is 7.25. The minimum absolute atomic E-state index is 0.675. The Labute approximate surface area is 168 Å². The molecule has 1 aliphatic heterocycles. The van der Waals surface area contributed by atoms with Crippen LogP contribution in [0.15, 0.2) is 53.5 Å². The highest BCUT2D eigenvalue weighted by Crippen LogP contribution is 2.10. The molecule has 0 saturated carbocycles. The lowest BCUT2D eigenvalue weighted by Crippen LogP contribution is -2.37. The molecule has 0 radical (unpaired) electrons. The molecular formula is C23H32N4O. The minimum atomic E-state index is 0.675. The Morgan fingerprint density at radius 3 is 2.54 bits per heavy atom. The van der Waals surface area contributed by atoms with Crippen molar-refractivity contribution >= 4 is 5.96 Å². The first kappa shape index (κ1) is 20.4. The second-order valence-corrected chi connectivity index (χ2v) is 7.25. The molecule has 0 atom stereocenters. The van der Waals surface area contributed by atoms with Crippen LogP contribution in [0.2, 0.25) is 0 Å². The van der Waals surface area contributed by atoms with Crippen LogP contribution in [-0.2, 0) is 24.4 Å². The molecule has 0 bridgehead atoms. The molecule has 1 heterocycles. The summed E-state index contributed by atoms with van der Waals surface area (Å²) in [5.41, 5.74) is 5.11. The van der Waals surface area contributed by atoms with Crippen LogP contribution in [0.3, 0.4) is 0 Å². The highest BCUT2D eigenvalue weighted by Gasteiger charge is 2.10. The average molecular weight is 381 g/mol. The van der Waals surface area contributed by atoms with E-state index in [0.29, 0.717) is 6.54 Å². The van der Waals surface area contributed by atoms with Crippen molar-refractivity contribution in [3.8, 4) is 0 Å². The zero-order chi connectivity index (χ0) is 19.6. The summed E-state index contributed by atoms with van der Waals surface area (Å²) < 4.78 is 5.44. The van der Waals surface area contributed by atoms with Gasteiger partial charge in [0.15, 0.2) is 5.96 Å². The van der Waals surface area contributed by atoms with Crippen molar-refractivity contribution in [1.29, 1.82) is 0 Å². The summed E-state index contributed by atoms with van der Waals surface area (Å²) >= 11 is 0. The van der Waals surface area contributed by atoms with E-state index in [9.17, 15) is 0 Å². The maximum absolute atomic E-state index is 5.44. The number of ether oxygens (including phenoxy) is 1.